The molecule has 9 nitrogen and oxygen atoms in total. The predicted molar refractivity (Wildman–Crippen MR) is 140 cm³/mol. The van der Waals surface area contributed by atoms with Crippen LogP contribution in [0.3, 0.4) is 0 Å². The van der Waals surface area contributed by atoms with E-state index in [0.29, 0.717) is 12.1 Å². The summed E-state index contributed by atoms with van der Waals surface area (Å²) in [5.74, 6) is -1.90. The van der Waals surface area contributed by atoms with E-state index in [4.69, 9.17) is 0 Å². The molecule has 1 atom stereocenters. The topological polar surface area (TPSA) is 98.7 Å². The van der Waals surface area contributed by atoms with Crippen LogP contribution in [-0.2, 0) is 22.7 Å². The molecule has 3 aliphatic heterocycles. The first-order valence-electron chi connectivity index (χ1n) is 13.2. The first kappa shape index (κ1) is 25.3. The fraction of sp³-hybridized carbons (Fsp3) is 0.345. The number of piperazine rings is 1. The standard InChI is InChI=1S/C29H29FN6O3/c30-23-14-19(13-22-18-36(29(39)26(22)23)24-5-6-25(37)33-28(24)38)17-34-9-11-35(12-10-34)27(20-3-1-7-31-15-20)21-4-2-8-32-16-21/h1-4,7-8,13-16,24,27H,5-6,9-12,17-18H2,(H,33,37,38). The lowest BCUT2D eigenvalue weighted by molar-refractivity contribution is -0.136. The summed E-state index contributed by atoms with van der Waals surface area (Å²) in [5.41, 5.74) is 3.65. The van der Waals surface area contributed by atoms with Crippen molar-refractivity contribution >= 4 is 17.7 Å². The Morgan fingerprint density at radius 3 is 2.28 bits per heavy atom. The molecule has 2 aromatic heterocycles. The summed E-state index contributed by atoms with van der Waals surface area (Å²) in [6.07, 6.45) is 7.76. The van der Waals surface area contributed by atoms with Crippen LogP contribution >= 0.6 is 0 Å². The summed E-state index contributed by atoms with van der Waals surface area (Å²) in [6, 6.07) is 10.7. The van der Waals surface area contributed by atoms with Crippen molar-refractivity contribution in [3.8, 4) is 0 Å². The molecule has 3 amide bonds. The second-order valence-electron chi connectivity index (χ2n) is 10.3. The number of carbonyl (C=O) groups is 3. The van der Waals surface area contributed by atoms with Gasteiger partial charge >= 0.3 is 0 Å². The molecule has 0 radical (unpaired) electrons. The number of carbonyl (C=O) groups excluding carboxylic acids is 3. The van der Waals surface area contributed by atoms with Crippen LogP contribution in [-0.4, -0.2) is 74.6 Å². The normalized spacial score (nSPS) is 20.4. The molecule has 2 fully saturated rings. The van der Waals surface area contributed by atoms with Crippen molar-refractivity contribution in [2.75, 3.05) is 26.2 Å². The maximum absolute atomic E-state index is 15.2. The molecule has 3 aliphatic rings. The van der Waals surface area contributed by atoms with Crippen LogP contribution in [0.1, 0.15) is 51.5 Å². The Kier molecular flexibility index (Phi) is 6.88. The smallest absolute Gasteiger partial charge is 0.258 e. The Labute approximate surface area is 225 Å². The number of amides is 3. The van der Waals surface area contributed by atoms with Crippen molar-refractivity contribution in [1.82, 2.24) is 30.0 Å². The van der Waals surface area contributed by atoms with E-state index in [1.807, 2.05) is 30.6 Å². The molecular weight excluding hydrogens is 499 g/mol. The van der Waals surface area contributed by atoms with Gasteiger partial charge in [0.15, 0.2) is 0 Å². The lowest BCUT2D eigenvalue weighted by Gasteiger charge is -2.39. The van der Waals surface area contributed by atoms with E-state index in [0.717, 1.165) is 42.9 Å². The molecule has 3 aromatic rings. The predicted octanol–water partition coefficient (Wildman–Crippen LogP) is 2.28. The van der Waals surface area contributed by atoms with Gasteiger partial charge in [-0.1, -0.05) is 18.2 Å². The Morgan fingerprint density at radius 2 is 1.67 bits per heavy atom. The van der Waals surface area contributed by atoms with E-state index < -0.39 is 23.7 Å². The Hall–Kier alpha value is -4.02. The number of nitrogens with one attached hydrogen (secondary N) is 1. The van der Waals surface area contributed by atoms with Crippen molar-refractivity contribution < 1.29 is 18.8 Å². The Morgan fingerprint density at radius 1 is 0.974 bits per heavy atom. The van der Waals surface area contributed by atoms with Crippen molar-refractivity contribution in [3.63, 3.8) is 0 Å². The number of piperidine rings is 1. The first-order chi connectivity index (χ1) is 19.0. The van der Waals surface area contributed by atoms with Crippen LogP contribution in [0.4, 0.5) is 4.39 Å². The summed E-state index contributed by atoms with van der Waals surface area (Å²) in [5, 5.41) is 2.28. The summed E-state index contributed by atoms with van der Waals surface area (Å²) in [7, 11) is 0. The van der Waals surface area contributed by atoms with E-state index in [9.17, 15) is 14.4 Å². The van der Waals surface area contributed by atoms with Crippen LogP contribution in [0.25, 0.3) is 0 Å². The van der Waals surface area contributed by atoms with E-state index in [2.05, 4.69) is 37.2 Å². The Bertz CT molecular complexity index is 1360. The van der Waals surface area contributed by atoms with Gasteiger partial charge in [-0.25, -0.2) is 4.39 Å². The SMILES string of the molecule is O=C1CCC(N2Cc3cc(CN4CCN(C(c5cccnc5)c5cccnc5)CC4)cc(F)c3C2=O)C(=O)N1. The van der Waals surface area contributed by atoms with Gasteiger partial charge in [0.05, 0.1) is 11.6 Å². The molecule has 0 saturated carbocycles. The number of aromatic nitrogens is 2. The molecule has 6 rings (SSSR count). The fourth-order valence-corrected chi connectivity index (χ4v) is 5.94. The molecule has 1 N–H and O–H groups in total. The maximum Gasteiger partial charge on any atom is 0.258 e. The zero-order valence-corrected chi connectivity index (χ0v) is 21.4. The minimum absolute atomic E-state index is 0.0315. The van der Waals surface area contributed by atoms with Gasteiger partial charge in [0.25, 0.3) is 5.91 Å². The highest BCUT2D eigenvalue weighted by atomic mass is 19.1. The van der Waals surface area contributed by atoms with E-state index in [1.54, 1.807) is 12.4 Å². The van der Waals surface area contributed by atoms with Crippen LogP contribution in [0.5, 0.6) is 0 Å². The summed E-state index contributed by atoms with van der Waals surface area (Å²) >= 11 is 0. The van der Waals surface area contributed by atoms with Gasteiger partial charge < -0.3 is 4.90 Å². The third-order valence-corrected chi connectivity index (χ3v) is 7.81. The summed E-state index contributed by atoms with van der Waals surface area (Å²) in [4.78, 5) is 51.6. The third-order valence-electron chi connectivity index (χ3n) is 7.81. The number of pyridine rings is 2. The minimum Gasteiger partial charge on any atom is -0.322 e. The van der Waals surface area contributed by atoms with Gasteiger partial charge in [-0.15, -0.1) is 0 Å². The van der Waals surface area contributed by atoms with E-state index >= 15 is 4.39 Å². The molecule has 1 aromatic carbocycles. The van der Waals surface area contributed by atoms with Crippen LogP contribution in [0.2, 0.25) is 0 Å². The van der Waals surface area contributed by atoms with Gasteiger partial charge in [0.1, 0.15) is 11.9 Å². The number of hydrogen-bond donors (Lipinski definition) is 1. The number of nitrogens with zero attached hydrogens (tertiary/aromatic N) is 5. The highest BCUT2D eigenvalue weighted by Gasteiger charge is 2.40. The molecule has 10 heteroatoms. The highest BCUT2D eigenvalue weighted by Crippen LogP contribution is 2.32. The van der Waals surface area contributed by atoms with E-state index in [-0.39, 0.29) is 36.9 Å². The van der Waals surface area contributed by atoms with Crippen molar-refractivity contribution in [1.29, 1.82) is 0 Å². The second-order valence-corrected chi connectivity index (χ2v) is 10.3. The second kappa shape index (κ2) is 10.6. The molecule has 2 saturated heterocycles. The lowest BCUT2D eigenvalue weighted by Crippen LogP contribution is -2.52. The monoisotopic (exact) mass is 528 g/mol. The number of fused-ring (bicyclic) bond motifs is 1. The van der Waals surface area contributed by atoms with Gasteiger partial charge in [-0.2, -0.15) is 0 Å². The van der Waals surface area contributed by atoms with Gasteiger partial charge in [-0.05, 0) is 46.9 Å². The lowest BCUT2D eigenvalue weighted by atomic mass is 9.99. The average Bonchev–Trinajstić information content (AvgIpc) is 3.27. The van der Waals surface area contributed by atoms with Crippen molar-refractivity contribution in [3.05, 3.63) is 94.8 Å². The number of benzene rings is 1. The zero-order valence-electron chi connectivity index (χ0n) is 21.4. The molecule has 5 heterocycles. The minimum atomic E-state index is -0.758. The Balaban J connectivity index is 1.13. The number of rotatable bonds is 6. The molecule has 0 aliphatic carbocycles. The fourth-order valence-electron chi connectivity index (χ4n) is 5.94. The molecule has 200 valence electrons. The van der Waals surface area contributed by atoms with E-state index in [1.165, 1.54) is 11.0 Å². The quantitative estimate of drug-likeness (QED) is 0.490. The van der Waals surface area contributed by atoms with Crippen LogP contribution in [0.15, 0.2) is 61.2 Å². The summed E-state index contributed by atoms with van der Waals surface area (Å²) < 4.78 is 15.2. The molecule has 39 heavy (non-hydrogen) atoms. The molecule has 1 unspecified atom stereocenters. The zero-order chi connectivity index (χ0) is 26.9. The maximum atomic E-state index is 15.2. The van der Waals surface area contributed by atoms with Gasteiger partial charge in [-0.3, -0.25) is 39.5 Å². The van der Waals surface area contributed by atoms with Crippen molar-refractivity contribution in [2.24, 2.45) is 0 Å². The largest absolute Gasteiger partial charge is 0.322 e. The molecule has 0 spiro atoms. The highest BCUT2D eigenvalue weighted by molar-refractivity contribution is 6.05. The number of hydrogen-bond acceptors (Lipinski definition) is 7. The molecule has 0 bridgehead atoms. The first-order valence-corrected chi connectivity index (χ1v) is 13.2. The van der Waals surface area contributed by atoms with Gasteiger partial charge in [0, 0.05) is 70.5 Å². The third kappa shape index (κ3) is 5.05. The van der Waals surface area contributed by atoms with Crippen molar-refractivity contribution in [2.45, 2.75) is 38.0 Å². The number of halogens is 1. The van der Waals surface area contributed by atoms with Gasteiger partial charge in [0.2, 0.25) is 11.8 Å². The number of imide groups is 1. The average molecular weight is 529 g/mol. The van der Waals surface area contributed by atoms with Crippen LogP contribution < -0.4 is 5.32 Å². The van der Waals surface area contributed by atoms with Crippen LogP contribution in [0, 0.1) is 5.82 Å². The summed E-state index contributed by atoms with van der Waals surface area (Å²) in [6.45, 7) is 3.98. The molecular formula is C29H29FN6O3.